The van der Waals surface area contributed by atoms with Gasteiger partial charge in [-0.3, -0.25) is 9.78 Å². The Labute approximate surface area is 146 Å². The summed E-state index contributed by atoms with van der Waals surface area (Å²) in [6.45, 7) is 1.32. The highest BCUT2D eigenvalue weighted by molar-refractivity contribution is 6.30. The number of benzene rings is 1. The molecule has 0 radical (unpaired) electrons. The first kappa shape index (κ1) is 16.6. The molecule has 0 unspecified atom stereocenters. The summed E-state index contributed by atoms with van der Waals surface area (Å²) in [5, 5.41) is 0.690. The van der Waals surface area contributed by atoms with Gasteiger partial charge in [0.05, 0.1) is 18.9 Å². The van der Waals surface area contributed by atoms with Crippen molar-refractivity contribution in [3.8, 4) is 11.5 Å². The Balaban J connectivity index is 1.56. The number of ether oxygens (including phenoxy) is 2. The lowest BCUT2D eigenvalue weighted by Gasteiger charge is -2.32. The Morgan fingerprint density at radius 2 is 1.88 bits per heavy atom. The average Bonchev–Trinajstić information content (AvgIpc) is 2.64. The average molecular weight is 347 g/mol. The second-order valence-electron chi connectivity index (χ2n) is 5.68. The summed E-state index contributed by atoms with van der Waals surface area (Å²) in [6.07, 6.45) is 4.86. The number of carbonyl (C=O) groups excluding carboxylic acids is 1. The molecule has 1 fully saturated rings. The van der Waals surface area contributed by atoms with Crippen molar-refractivity contribution in [3.63, 3.8) is 0 Å². The van der Waals surface area contributed by atoms with Crippen LogP contribution in [0.25, 0.3) is 0 Å². The molecule has 1 aliphatic heterocycles. The van der Waals surface area contributed by atoms with Crippen molar-refractivity contribution in [1.82, 2.24) is 9.88 Å². The van der Waals surface area contributed by atoms with Crippen LogP contribution in [0.5, 0.6) is 11.5 Å². The van der Waals surface area contributed by atoms with E-state index in [2.05, 4.69) is 4.98 Å². The number of rotatable bonds is 4. The third kappa shape index (κ3) is 3.97. The third-order valence-electron chi connectivity index (χ3n) is 4.04. The van der Waals surface area contributed by atoms with Crippen molar-refractivity contribution in [2.45, 2.75) is 18.9 Å². The third-order valence-corrected chi connectivity index (χ3v) is 4.29. The molecule has 6 heteroatoms. The van der Waals surface area contributed by atoms with Crippen molar-refractivity contribution in [3.05, 3.63) is 53.3 Å². The number of hydrogen-bond donors (Lipinski definition) is 0. The summed E-state index contributed by atoms with van der Waals surface area (Å²) < 4.78 is 11.1. The van der Waals surface area contributed by atoms with E-state index in [9.17, 15) is 4.79 Å². The molecule has 2 heterocycles. The number of likely N-dealkylation sites (tertiary alicyclic amines) is 1. The normalized spacial score (nSPS) is 15.2. The van der Waals surface area contributed by atoms with Gasteiger partial charge in [-0.1, -0.05) is 11.6 Å². The van der Waals surface area contributed by atoms with Crippen LogP contribution in [0.15, 0.2) is 42.7 Å². The van der Waals surface area contributed by atoms with E-state index in [1.165, 1.54) is 0 Å². The number of hydrogen-bond acceptors (Lipinski definition) is 4. The minimum Gasteiger partial charge on any atom is -0.495 e. The number of pyridine rings is 1. The molecule has 0 saturated carbocycles. The number of nitrogens with zero attached hydrogens (tertiary/aromatic N) is 2. The summed E-state index contributed by atoms with van der Waals surface area (Å²) >= 11 is 5.87. The second kappa shape index (κ2) is 7.53. The molecule has 3 rings (SSSR count). The Kier molecular flexibility index (Phi) is 5.20. The minimum atomic E-state index is -0.0219. The Hall–Kier alpha value is -2.27. The number of amides is 1. The van der Waals surface area contributed by atoms with Gasteiger partial charge in [0.1, 0.15) is 17.6 Å². The van der Waals surface area contributed by atoms with Crippen molar-refractivity contribution in [2.24, 2.45) is 0 Å². The van der Waals surface area contributed by atoms with Crippen LogP contribution in [-0.2, 0) is 0 Å². The largest absolute Gasteiger partial charge is 0.495 e. The second-order valence-corrected chi connectivity index (χ2v) is 6.11. The molecule has 0 bridgehead atoms. The van der Waals surface area contributed by atoms with Crippen molar-refractivity contribution >= 4 is 17.5 Å². The first-order chi connectivity index (χ1) is 11.7. The molecule has 2 aromatic rings. The van der Waals surface area contributed by atoms with Gasteiger partial charge in [-0.05, 0) is 30.3 Å². The molecule has 24 heavy (non-hydrogen) atoms. The minimum absolute atomic E-state index is 0.0219. The highest BCUT2D eigenvalue weighted by Gasteiger charge is 2.25. The summed E-state index contributed by atoms with van der Waals surface area (Å²) in [5.74, 6) is 1.37. The zero-order valence-corrected chi connectivity index (χ0v) is 14.2. The van der Waals surface area contributed by atoms with Gasteiger partial charge >= 0.3 is 0 Å². The maximum absolute atomic E-state index is 12.5. The topological polar surface area (TPSA) is 51.7 Å². The van der Waals surface area contributed by atoms with E-state index < -0.39 is 0 Å². The molecule has 1 aromatic heterocycles. The highest BCUT2D eigenvalue weighted by atomic mass is 35.5. The summed E-state index contributed by atoms with van der Waals surface area (Å²) in [4.78, 5) is 18.4. The van der Waals surface area contributed by atoms with Crippen LogP contribution in [0.1, 0.15) is 23.2 Å². The maximum atomic E-state index is 12.5. The number of piperidine rings is 1. The van der Waals surface area contributed by atoms with Gasteiger partial charge in [0, 0.05) is 37.2 Å². The van der Waals surface area contributed by atoms with E-state index in [0.29, 0.717) is 29.4 Å². The molecular formula is C18H19ClN2O3. The van der Waals surface area contributed by atoms with Gasteiger partial charge < -0.3 is 14.4 Å². The lowest BCUT2D eigenvalue weighted by molar-refractivity contribution is 0.0595. The monoisotopic (exact) mass is 346 g/mol. The first-order valence-corrected chi connectivity index (χ1v) is 8.24. The molecule has 0 spiro atoms. The molecule has 1 aromatic carbocycles. The number of halogens is 1. The van der Waals surface area contributed by atoms with Crippen LogP contribution in [0, 0.1) is 0 Å². The molecule has 0 atom stereocenters. The van der Waals surface area contributed by atoms with Crippen LogP contribution >= 0.6 is 11.6 Å². The maximum Gasteiger partial charge on any atom is 0.255 e. The SMILES string of the molecule is COc1cncc(C(=O)N2CCC(Oc3ccc(Cl)cc3)CC2)c1. The van der Waals surface area contributed by atoms with E-state index in [-0.39, 0.29) is 12.0 Å². The van der Waals surface area contributed by atoms with Crippen molar-refractivity contribution in [1.29, 1.82) is 0 Å². The quantitative estimate of drug-likeness (QED) is 0.851. The van der Waals surface area contributed by atoms with Gasteiger partial charge in [0.2, 0.25) is 0 Å². The highest BCUT2D eigenvalue weighted by Crippen LogP contribution is 2.22. The number of carbonyl (C=O) groups is 1. The fourth-order valence-corrected chi connectivity index (χ4v) is 2.84. The van der Waals surface area contributed by atoms with Gasteiger partial charge in [0.25, 0.3) is 5.91 Å². The van der Waals surface area contributed by atoms with E-state index in [1.807, 2.05) is 29.2 Å². The van der Waals surface area contributed by atoms with Crippen LogP contribution in [0.3, 0.4) is 0 Å². The van der Waals surface area contributed by atoms with Gasteiger partial charge in [-0.25, -0.2) is 0 Å². The van der Waals surface area contributed by atoms with E-state index in [4.69, 9.17) is 21.1 Å². The predicted octanol–water partition coefficient (Wildman–Crippen LogP) is 3.43. The molecule has 0 N–H and O–H groups in total. The van der Waals surface area contributed by atoms with Gasteiger partial charge in [-0.2, -0.15) is 0 Å². The molecule has 126 valence electrons. The van der Waals surface area contributed by atoms with Crippen LogP contribution in [-0.4, -0.2) is 42.1 Å². The fraction of sp³-hybridized carbons (Fsp3) is 0.333. The summed E-state index contributed by atoms with van der Waals surface area (Å²) in [6, 6.07) is 9.06. The molecule has 0 aliphatic carbocycles. The number of aromatic nitrogens is 1. The van der Waals surface area contributed by atoms with Gasteiger partial charge in [0.15, 0.2) is 0 Å². The number of methoxy groups -OCH3 is 1. The molecule has 5 nitrogen and oxygen atoms in total. The molecule has 1 saturated heterocycles. The van der Waals surface area contributed by atoms with Crippen LogP contribution in [0.4, 0.5) is 0 Å². The summed E-state index contributed by atoms with van der Waals surface area (Å²) in [5.41, 5.74) is 0.548. The molecular weight excluding hydrogens is 328 g/mol. The van der Waals surface area contributed by atoms with E-state index in [1.54, 1.807) is 25.6 Å². The lowest BCUT2D eigenvalue weighted by Crippen LogP contribution is -2.41. The molecule has 1 amide bonds. The lowest BCUT2D eigenvalue weighted by atomic mass is 10.1. The van der Waals surface area contributed by atoms with E-state index in [0.717, 1.165) is 18.6 Å². The zero-order chi connectivity index (χ0) is 16.9. The Morgan fingerprint density at radius 1 is 1.17 bits per heavy atom. The van der Waals surface area contributed by atoms with Crippen molar-refractivity contribution in [2.75, 3.05) is 20.2 Å². The Bertz CT molecular complexity index is 698. The Morgan fingerprint density at radius 3 is 2.54 bits per heavy atom. The van der Waals surface area contributed by atoms with Gasteiger partial charge in [-0.15, -0.1) is 0 Å². The fourth-order valence-electron chi connectivity index (χ4n) is 2.71. The standard InChI is InChI=1S/C18H19ClN2O3/c1-23-17-10-13(11-20-12-17)18(22)21-8-6-16(7-9-21)24-15-4-2-14(19)3-5-15/h2-5,10-12,16H,6-9H2,1H3. The zero-order valence-electron chi connectivity index (χ0n) is 13.4. The van der Waals surface area contributed by atoms with Crippen LogP contribution in [0.2, 0.25) is 5.02 Å². The smallest absolute Gasteiger partial charge is 0.255 e. The predicted molar refractivity (Wildman–Crippen MR) is 91.8 cm³/mol. The summed E-state index contributed by atoms with van der Waals surface area (Å²) in [7, 11) is 1.56. The van der Waals surface area contributed by atoms with Crippen LogP contribution < -0.4 is 9.47 Å². The molecule has 1 aliphatic rings. The van der Waals surface area contributed by atoms with Crippen molar-refractivity contribution < 1.29 is 14.3 Å². The first-order valence-electron chi connectivity index (χ1n) is 7.86. The van der Waals surface area contributed by atoms with E-state index >= 15 is 0 Å².